The molecule has 0 aliphatic heterocycles. The Labute approximate surface area is 106 Å². The van der Waals surface area contributed by atoms with Gasteiger partial charge in [0.15, 0.2) is 5.78 Å². The highest BCUT2D eigenvalue weighted by molar-refractivity contribution is 7.86. The molecule has 0 heterocycles. The third-order valence-electron chi connectivity index (χ3n) is 2.78. The molecule has 2 unspecified atom stereocenters. The molecule has 0 aromatic heterocycles. The topological polar surface area (TPSA) is 60.4 Å². The predicted molar refractivity (Wildman–Crippen MR) is 68.2 cm³/mol. The van der Waals surface area contributed by atoms with Crippen LogP contribution in [0.2, 0.25) is 0 Å². The van der Waals surface area contributed by atoms with Crippen LogP contribution in [-0.2, 0) is 25.1 Å². The largest absolute Gasteiger partial charge is 0.465 e. The van der Waals surface area contributed by atoms with Gasteiger partial charge in [0.2, 0.25) is 0 Å². The highest BCUT2D eigenvalue weighted by Crippen LogP contribution is 2.20. The molecular formula is C12H22O4S. The number of Topliss-reactive ketones (excluding diaryl/α,β-unsaturated/α-hetero) is 1. The van der Waals surface area contributed by atoms with Crippen molar-refractivity contribution in [2.75, 3.05) is 12.4 Å². The molecular weight excluding hydrogens is 240 g/mol. The molecule has 0 bridgehead atoms. The summed E-state index contributed by atoms with van der Waals surface area (Å²) in [5.74, 6) is -0.957. The zero-order valence-electron chi connectivity index (χ0n) is 11.2. The van der Waals surface area contributed by atoms with Crippen LogP contribution in [0.15, 0.2) is 0 Å². The van der Waals surface area contributed by atoms with Gasteiger partial charge in [-0.2, -0.15) is 0 Å². The van der Waals surface area contributed by atoms with E-state index in [0.29, 0.717) is 0 Å². The monoisotopic (exact) mass is 262 g/mol. The maximum atomic E-state index is 11.9. The van der Waals surface area contributed by atoms with Gasteiger partial charge in [0.25, 0.3) is 0 Å². The molecule has 100 valence electrons. The second-order valence-corrected chi connectivity index (χ2v) is 6.37. The normalized spacial score (nSPS) is 15.1. The molecule has 0 amide bonds. The summed E-state index contributed by atoms with van der Waals surface area (Å²) < 4.78 is 16.6. The van der Waals surface area contributed by atoms with Gasteiger partial charge in [-0.25, -0.2) is 0 Å². The van der Waals surface area contributed by atoms with E-state index in [2.05, 4.69) is 0 Å². The van der Waals surface area contributed by atoms with Crippen LogP contribution in [0.25, 0.3) is 0 Å². The number of rotatable bonds is 7. The number of carbonyl (C=O) groups excluding carboxylic acids is 2. The zero-order valence-corrected chi connectivity index (χ0v) is 12.1. The van der Waals surface area contributed by atoms with Gasteiger partial charge >= 0.3 is 5.97 Å². The Morgan fingerprint density at radius 3 is 2.24 bits per heavy atom. The summed E-state index contributed by atoms with van der Waals surface area (Å²) in [4.78, 5) is 23.5. The Kier molecular flexibility index (Phi) is 6.60. The molecule has 2 atom stereocenters. The van der Waals surface area contributed by atoms with Crippen molar-refractivity contribution >= 4 is 22.6 Å². The molecule has 5 heteroatoms. The first-order chi connectivity index (χ1) is 7.77. The zero-order chi connectivity index (χ0) is 13.6. The fourth-order valence-corrected chi connectivity index (χ4v) is 2.34. The van der Waals surface area contributed by atoms with Crippen LogP contribution < -0.4 is 0 Å². The molecule has 0 N–H and O–H groups in total. The van der Waals surface area contributed by atoms with Gasteiger partial charge in [-0.3, -0.25) is 13.8 Å². The average molecular weight is 262 g/mol. The summed E-state index contributed by atoms with van der Waals surface area (Å²) in [6.07, 6.45) is 0.750. The Morgan fingerprint density at radius 2 is 1.82 bits per heavy atom. The molecule has 4 nitrogen and oxygen atoms in total. The molecule has 0 saturated heterocycles. The fraction of sp³-hybridized carbons (Fsp3) is 0.833. The first kappa shape index (κ1) is 16.3. The van der Waals surface area contributed by atoms with E-state index in [-0.39, 0.29) is 23.4 Å². The summed E-state index contributed by atoms with van der Waals surface area (Å²) in [6.45, 7) is 8.71. The van der Waals surface area contributed by atoms with Gasteiger partial charge in [-0.15, -0.1) is 0 Å². The number of esters is 1. The third-order valence-corrected chi connectivity index (χ3v) is 4.56. The highest BCUT2D eigenvalue weighted by atomic mass is 32.2. The highest BCUT2D eigenvalue weighted by Gasteiger charge is 2.38. The summed E-state index contributed by atoms with van der Waals surface area (Å²) in [5.41, 5.74) is -1.21. The van der Waals surface area contributed by atoms with Crippen LogP contribution in [0.3, 0.4) is 0 Å². The van der Waals surface area contributed by atoms with Crippen molar-refractivity contribution in [2.24, 2.45) is 5.41 Å². The molecule has 0 aliphatic carbocycles. The number of ether oxygens (including phenoxy) is 1. The van der Waals surface area contributed by atoms with Gasteiger partial charge in [0, 0.05) is 16.0 Å². The first-order valence-corrected chi connectivity index (χ1v) is 7.23. The lowest BCUT2D eigenvalue weighted by atomic mass is 9.89. The summed E-state index contributed by atoms with van der Waals surface area (Å²) >= 11 is 0. The molecule has 0 aliphatic rings. The minimum atomic E-state index is -1.22. The molecule has 0 radical (unpaired) electrons. The molecule has 0 saturated carbocycles. The van der Waals surface area contributed by atoms with Crippen molar-refractivity contribution in [3.05, 3.63) is 0 Å². The maximum absolute atomic E-state index is 11.9. The second kappa shape index (κ2) is 6.89. The Morgan fingerprint density at radius 1 is 1.29 bits per heavy atom. The van der Waals surface area contributed by atoms with E-state index in [0.717, 1.165) is 6.42 Å². The summed E-state index contributed by atoms with van der Waals surface area (Å²) in [6, 6.07) is 0. The molecule has 0 fully saturated rings. The van der Waals surface area contributed by atoms with Crippen LogP contribution in [0.1, 0.15) is 41.0 Å². The predicted octanol–water partition coefficient (Wildman–Crippen LogP) is 1.69. The van der Waals surface area contributed by atoms with E-state index in [1.807, 2.05) is 13.8 Å². The van der Waals surface area contributed by atoms with Crippen LogP contribution in [0.4, 0.5) is 0 Å². The van der Waals surface area contributed by atoms with Crippen molar-refractivity contribution in [1.82, 2.24) is 0 Å². The molecule has 17 heavy (non-hydrogen) atoms. The van der Waals surface area contributed by atoms with Gasteiger partial charge < -0.3 is 4.74 Å². The average Bonchev–Trinajstić information content (AvgIpc) is 2.27. The number of carbonyl (C=O) groups is 2. The Bertz CT molecular complexity index is 310. The molecule has 0 aromatic carbocycles. The third kappa shape index (κ3) is 4.58. The van der Waals surface area contributed by atoms with Crippen LogP contribution in [-0.4, -0.2) is 33.6 Å². The Balaban J connectivity index is 4.59. The van der Waals surface area contributed by atoms with E-state index in [4.69, 9.17) is 4.74 Å². The summed E-state index contributed by atoms with van der Waals surface area (Å²) in [5, 5.41) is -0.0306. The molecule has 0 rings (SSSR count). The number of hydrogen-bond acceptors (Lipinski definition) is 4. The fourth-order valence-electron chi connectivity index (χ4n) is 1.06. The lowest BCUT2D eigenvalue weighted by molar-refractivity contribution is -0.157. The summed E-state index contributed by atoms with van der Waals surface area (Å²) in [7, 11) is -1.22. The van der Waals surface area contributed by atoms with Crippen molar-refractivity contribution in [3.8, 4) is 0 Å². The van der Waals surface area contributed by atoms with Gasteiger partial charge in [-0.1, -0.05) is 13.8 Å². The lowest BCUT2D eigenvalue weighted by Gasteiger charge is -2.21. The van der Waals surface area contributed by atoms with E-state index < -0.39 is 22.2 Å². The maximum Gasteiger partial charge on any atom is 0.319 e. The van der Waals surface area contributed by atoms with Crippen LogP contribution >= 0.6 is 0 Å². The standard InChI is InChI=1S/C12H22O4S/c1-6-9(3)17(15)8-10(13)12(4,5)11(14)16-7-2/h9H,6-8H2,1-5H3. The van der Waals surface area contributed by atoms with Crippen molar-refractivity contribution in [3.63, 3.8) is 0 Å². The minimum absolute atomic E-state index is 0.0306. The first-order valence-electron chi connectivity index (χ1n) is 5.85. The van der Waals surface area contributed by atoms with Gasteiger partial charge in [-0.05, 0) is 27.2 Å². The van der Waals surface area contributed by atoms with Crippen LogP contribution in [0.5, 0.6) is 0 Å². The minimum Gasteiger partial charge on any atom is -0.465 e. The van der Waals surface area contributed by atoms with E-state index in [1.165, 1.54) is 13.8 Å². The van der Waals surface area contributed by atoms with E-state index in [9.17, 15) is 13.8 Å². The van der Waals surface area contributed by atoms with Crippen molar-refractivity contribution in [2.45, 2.75) is 46.3 Å². The molecule has 0 spiro atoms. The quantitative estimate of drug-likeness (QED) is 0.517. The molecule has 0 aromatic rings. The van der Waals surface area contributed by atoms with Crippen LogP contribution in [0, 0.1) is 5.41 Å². The van der Waals surface area contributed by atoms with E-state index >= 15 is 0 Å². The SMILES string of the molecule is CCOC(=O)C(C)(C)C(=O)CS(=O)C(C)CC. The van der Waals surface area contributed by atoms with E-state index in [1.54, 1.807) is 6.92 Å². The number of ketones is 1. The smallest absolute Gasteiger partial charge is 0.319 e. The second-order valence-electron chi connectivity index (χ2n) is 4.51. The Hall–Kier alpha value is -0.710. The van der Waals surface area contributed by atoms with Crippen molar-refractivity contribution < 1.29 is 18.5 Å². The van der Waals surface area contributed by atoms with Gasteiger partial charge in [0.1, 0.15) is 5.41 Å². The van der Waals surface area contributed by atoms with Crippen molar-refractivity contribution in [1.29, 1.82) is 0 Å². The van der Waals surface area contributed by atoms with Gasteiger partial charge in [0.05, 0.1) is 12.4 Å². The lowest BCUT2D eigenvalue weighted by Crippen LogP contribution is -2.38. The number of hydrogen-bond donors (Lipinski definition) is 0.